The van der Waals surface area contributed by atoms with Crippen LogP contribution in [-0.2, 0) is 0 Å². The molecular weight excluding hydrogens is 295 g/mol. The van der Waals surface area contributed by atoms with Gasteiger partial charge < -0.3 is 0 Å². The van der Waals surface area contributed by atoms with E-state index in [1.54, 1.807) is 36.7 Å². The number of halogens is 2. The Bertz CT molecular complexity index is 804. The Morgan fingerprint density at radius 2 is 1.80 bits per heavy atom. The SMILES string of the molecule is O=C(Cl)c1cc(-c2ccncc2)nc2ccc(Cl)cc12. The summed E-state index contributed by atoms with van der Waals surface area (Å²) in [5.41, 5.74) is 2.61. The lowest BCUT2D eigenvalue weighted by molar-refractivity contribution is 0.108. The molecule has 20 heavy (non-hydrogen) atoms. The van der Waals surface area contributed by atoms with E-state index in [0.717, 1.165) is 5.56 Å². The molecule has 1 aromatic carbocycles. The van der Waals surface area contributed by atoms with Crippen LogP contribution in [0.3, 0.4) is 0 Å². The summed E-state index contributed by atoms with van der Waals surface area (Å²) in [6, 6.07) is 10.5. The third-order valence-corrected chi connectivity index (χ3v) is 3.40. The normalized spacial score (nSPS) is 10.7. The van der Waals surface area contributed by atoms with Crippen LogP contribution in [0.2, 0.25) is 5.02 Å². The maximum atomic E-state index is 11.6. The second kappa shape index (κ2) is 5.19. The van der Waals surface area contributed by atoms with E-state index in [1.165, 1.54) is 0 Å². The first kappa shape index (κ1) is 13.0. The molecule has 0 atom stereocenters. The second-order valence-electron chi connectivity index (χ2n) is 4.23. The van der Waals surface area contributed by atoms with E-state index in [0.29, 0.717) is 27.2 Å². The predicted octanol–water partition coefficient (Wildman–Crippen LogP) is 4.33. The van der Waals surface area contributed by atoms with Gasteiger partial charge in [0.05, 0.1) is 11.2 Å². The molecule has 0 fully saturated rings. The minimum atomic E-state index is -0.532. The number of rotatable bonds is 2. The van der Waals surface area contributed by atoms with E-state index in [1.807, 2.05) is 12.1 Å². The summed E-state index contributed by atoms with van der Waals surface area (Å²) in [6.45, 7) is 0. The lowest BCUT2D eigenvalue weighted by atomic mass is 10.1. The maximum absolute atomic E-state index is 11.6. The zero-order valence-corrected chi connectivity index (χ0v) is 11.7. The summed E-state index contributed by atoms with van der Waals surface area (Å²) >= 11 is 11.6. The largest absolute Gasteiger partial charge is 0.276 e. The molecule has 0 amide bonds. The highest BCUT2D eigenvalue weighted by Gasteiger charge is 2.12. The number of aromatic nitrogens is 2. The smallest absolute Gasteiger partial charge is 0.253 e. The molecule has 0 unspecified atom stereocenters. The van der Waals surface area contributed by atoms with Crippen molar-refractivity contribution in [2.24, 2.45) is 0 Å². The topological polar surface area (TPSA) is 42.9 Å². The molecule has 0 aliphatic rings. The molecule has 0 N–H and O–H groups in total. The van der Waals surface area contributed by atoms with E-state index in [4.69, 9.17) is 23.2 Å². The third-order valence-electron chi connectivity index (χ3n) is 2.96. The van der Waals surface area contributed by atoms with E-state index in [-0.39, 0.29) is 0 Å². The Kier molecular flexibility index (Phi) is 3.38. The van der Waals surface area contributed by atoms with Crippen LogP contribution in [0, 0.1) is 0 Å². The summed E-state index contributed by atoms with van der Waals surface area (Å²) in [5, 5.41) is 0.653. The minimum Gasteiger partial charge on any atom is -0.276 e. The first-order valence-electron chi connectivity index (χ1n) is 5.86. The number of hydrogen-bond acceptors (Lipinski definition) is 3. The third kappa shape index (κ3) is 2.38. The van der Waals surface area contributed by atoms with Crippen LogP contribution < -0.4 is 0 Å². The summed E-state index contributed by atoms with van der Waals surface area (Å²) in [4.78, 5) is 20.1. The van der Waals surface area contributed by atoms with Gasteiger partial charge in [0, 0.05) is 33.9 Å². The van der Waals surface area contributed by atoms with Crippen LogP contribution in [0.4, 0.5) is 0 Å². The standard InChI is InChI=1S/C15H8Cl2N2O/c16-10-1-2-13-11(7-10)12(15(17)20)8-14(19-13)9-3-5-18-6-4-9/h1-8H. The average Bonchev–Trinajstić information content (AvgIpc) is 2.47. The molecule has 3 rings (SSSR count). The Hall–Kier alpha value is -1.97. The summed E-state index contributed by atoms with van der Waals surface area (Å²) < 4.78 is 0. The first-order chi connectivity index (χ1) is 9.65. The summed E-state index contributed by atoms with van der Waals surface area (Å²) in [6.07, 6.45) is 3.34. The van der Waals surface area contributed by atoms with Crippen molar-refractivity contribution >= 4 is 39.3 Å². The fraction of sp³-hybridized carbons (Fsp3) is 0. The highest BCUT2D eigenvalue weighted by atomic mass is 35.5. The van der Waals surface area contributed by atoms with Gasteiger partial charge in [-0.3, -0.25) is 9.78 Å². The minimum absolute atomic E-state index is 0.394. The molecule has 0 spiro atoms. The van der Waals surface area contributed by atoms with Crippen molar-refractivity contribution < 1.29 is 4.79 Å². The van der Waals surface area contributed by atoms with Crippen molar-refractivity contribution in [3.05, 3.63) is 59.4 Å². The second-order valence-corrected chi connectivity index (χ2v) is 5.01. The van der Waals surface area contributed by atoms with Crippen molar-refractivity contribution in [3.63, 3.8) is 0 Å². The zero-order valence-electron chi connectivity index (χ0n) is 10.2. The maximum Gasteiger partial charge on any atom is 0.253 e. The average molecular weight is 303 g/mol. The predicted molar refractivity (Wildman–Crippen MR) is 80.2 cm³/mol. The van der Waals surface area contributed by atoms with E-state index >= 15 is 0 Å². The fourth-order valence-electron chi connectivity index (χ4n) is 2.03. The molecule has 0 bridgehead atoms. The molecule has 0 saturated heterocycles. The van der Waals surface area contributed by atoms with Gasteiger partial charge in [-0.25, -0.2) is 4.98 Å². The van der Waals surface area contributed by atoms with Gasteiger partial charge in [-0.2, -0.15) is 0 Å². The Morgan fingerprint density at radius 3 is 2.50 bits per heavy atom. The van der Waals surface area contributed by atoms with Crippen molar-refractivity contribution in [1.29, 1.82) is 0 Å². The molecule has 0 aliphatic carbocycles. The van der Waals surface area contributed by atoms with Crippen LogP contribution in [0.15, 0.2) is 48.8 Å². The van der Waals surface area contributed by atoms with Gasteiger partial charge in [-0.15, -0.1) is 0 Å². The Morgan fingerprint density at radius 1 is 1.05 bits per heavy atom. The lowest BCUT2D eigenvalue weighted by Gasteiger charge is -2.07. The van der Waals surface area contributed by atoms with E-state index < -0.39 is 5.24 Å². The molecule has 3 aromatic rings. The molecule has 0 saturated carbocycles. The van der Waals surface area contributed by atoms with Crippen LogP contribution in [-0.4, -0.2) is 15.2 Å². The summed E-state index contributed by atoms with van der Waals surface area (Å²) in [7, 11) is 0. The van der Waals surface area contributed by atoms with Gasteiger partial charge in [-0.05, 0) is 48.0 Å². The van der Waals surface area contributed by atoms with Crippen LogP contribution >= 0.6 is 23.2 Å². The monoisotopic (exact) mass is 302 g/mol. The molecule has 5 heteroatoms. The quantitative estimate of drug-likeness (QED) is 0.662. The molecule has 2 aromatic heterocycles. The van der Waals surface area contributed by atoms with E-state index in [9.17, 15) is 4.79 Å². The highest BCUT2D eigenvalue weighted by Crippen LogP contribution is 2.27. The van der Waals surface area contributed by atoms with Crippen LogP contribution in [0.1, 0.15) is 10.4 Å². The van der Waals surface area contributed by atoms with E-state index in [2.05, 4.69) is 9.97 Å². The lowest BCUT2D eigenvalue weighted by Crippen LogP contribution is -1.96. The molecule has 2 heterocycles. The number of pyridine rings is 2. The molecular formula is C15H8Cl2N2O. The van der Waals surface area contributed by atoms with Crippen molar-refractivity contribution in [2.45, 2.75) is 0 Å². The fourth-order valence-corrected chi connectivity index (χ4v) is 2.36. The van der Waals surface area contributed by atoms with Crippen molar-refractivity contribution in [3.8, 4) is 11.3 Å². The van der Waals surface area contributed by atoms with Gasteiger partial charge in [0.1, 0.15) is 0 Å². The van der Waals surface area contributed by atoms with Crippen molar-refractivity contribution in [1.82, 2.24) is 9.97 Å². The van der Waals surface area contributed by atoms with Gasteiger partial charge in [0.25, 0.3) is 5.24 Å². The van der Waals surface area contributed by atoms with Gasteiger partial charge in [-0.1, -0.05) is 11.6 Å². The number of carbonyl (C=O) groups is 1. The summed E-state index contributed by atoms with van der Waals surface area (Å²) in [5.74, 6) is 0. The highest BCUT2D eigenvalue weighted by molar-refractivity contribution is 6.68. The number of benzene rings is 1. The number of nitrogens with zero attached hydrogens (tertiary/aromatic N) is 2. The Labute approximate surface area is 125 Å². The van der Waals surface area contributed by atoms with Gasteiger partial charge in [0.15, 0.2) is 0 Å². The first-order valence-corrected chi connectivity index (χ1v) is 6.61. The number of fused-ring (bicyclic) bond motifs is 1. The van der Waals surface area contributed by atoms with Crippen LogP contribution in [0.5, 0.6) is 0 Å². The Balaban J connectivity index is 2.32. The molecule has 0 radical (unpaired) electrons. The number of carbonyl (C=O) groups excluding carboxylic acids is 1. The molecule has 0 aliphatic heterocycles. The molecule has 3 nitrogen and oxygen atoms in total. The zero-order chi connectivity index (χ0) is 14.1. The number of hydrogen-bond donors (Lipinski definition) is 0. The van der Waals surface area contributed by atoms with Gasteiger partial charge >= 0.3 is 0 Å². The molecule has 98 valence electrons. The van der Waals surface area contributed by atoms with Gasteiger partial charge in [0.2, 0.25) is 0 Å². The van der Waals surface area contributed by atoms with Crippen LogP contribution in [0.25, 0.3) is 22.2 Å². The van der Waals surface area contributed by atoms with Crippen molar-refractivity contribution in [2.75, 3.05) is 0 Å².